The van der Waals surface area contributed by atoms with Crippen LogP contribution in [0.4, 0.5) is 4.39 Å². The van der Waals surface area contributed by atoms with Gasteiger partial charge in [-0.15, -0.1) is 11.3 Å². The number of thiophene rings is 1. The average molecular weight is 331 g/mol. The van der Waals surface area contributed by atoms with E-state index in [-0.39, 0.29) is 17.8 Å². The van der Waals surface area contributed by atoms with Crippen molar-refractivity contribution in [2.24, 2.45) is 0 Å². The number of nitrogens with one attached hydrogen (secondary N) is 1. The second-order valence-corrected chi connectivity index (χ2v) is 6.55. The topological polar surface area (TPSA) is 38.3 Å². The lowest BCUT2D eigenvalue weighted by Crippen LogP contribution is -2.39. The molecule has 0 bridgehead atoms. The molecule has 1 unspecified atom stereocenters. The van der Waals surface area contributed by atoms with Crippen LogP contribution in [0.1, 0.15) is 17.7 Å². The van der Waals surface area contributed by atoms with Crippen LogP contribution >= 0.6 is 11.3 Å². The molecule has 0 radical (unpaired) electrons. The lowest BCUT2D eigenvalue weighted by Gasteiger charge is -2.22. The molecule has 120 valence electrons. The molecule has 1 aliphatic heterocycles. The Kier molecular flexibility index (Phi) is 5.20. The fraction of sp³-hybridized carbons (Fsp3) is 0.278. The van der Waals surface area contributed by atoms with Crippen LogP contribution in [0.2, 0.25) is 0 Å². The van der Waals surface area contributed by atoms with Crippen LogP contribution in [0, 0.1) is 5.82 Å². The zero-order valence-corrected chi connectivity index (χ0v) is 13.4. The predicted octanol–water partition coefficient (Wildman–Crippen LogP) is 3.86. The van der Waals surface area contributed by atoms with Crippen molar-refractivity contribution >= 4 is 23.3 Å². The smallest absolute Gasteiger partial charge is 0.244 e. The molecule has 0 saturated carbocycles. The maximum Gasteiger partial charge on any atom is 0.244 e. The molecule has 2 aromatic rings. The molecular weight excluding hydrogens is 313 g/mol. The highest BCUT2D eigenvalue weighted by Gasteiger charge is 2.14. The van der Waals surface area contributed by atoms with E-state index in [4.69, 9.17) is 4.74 Å². The molecule has 1 fully saturated rings. The van der Waals surface area contributed by atoms with Gasteiger partial charge in [0, 0.05) is 28.0 Å². The zero-order chi connectivity index (χ0) is 16.1. The van der Waals surface area contributed by atoms with E-state index in [2.05, 4.69) is 5.32 Å². The van der Waals surface area contributed by atoms with Crippen molar-refractivity contribution in [2.75, 3.05) is 13.2 Å². The number of hydrogen-bond donors (Lipinski definition) is 1. The summed E-state index contributed by atoms with van der Waals surface area (Å²) in [6.45, 7) is 1.35. The first-order valence-corrected chi connectivity index (χ1v) is 8.45. The summed E-state index contributed by atoms with van der Waals surface area (Å²) in [5, 5.41) is 2.93. The van der Waals surface area contributed by atoms with Crippen LogP contribution in [0.3, 0.4) is 0 Å². The second-order valence-electron chi connectivity index (χ2n) is 5.44. The van der Waals surface area contributed by atoms with Gasteiger partial charge in [0.25, 0.3) is 0 Å². The summed E-state index contributed by atoms with van der Waals surface area (Å²) < 4.78 is 19.1. The number of ether oxygens (including phenoxy) is 1. The summed E-state index contributed by atoms with van der Waals surface area (Å²) in [4.78, 5) is 13.7. The standard InChI is InChI=1S/C18H18FNO2S/c19-16-6-2-1-5-15(16)17-9-7-14(23-17)8-10-18(21)20-13-4-3-11-22-12-13/h1-2,5-10,13H,3-4,11-12H2,(H,20,21)/b10-8+. The Bertz CT molecular complexity index is 705. The highest BCUT2D eigenvalue weighted by molar-refractivity contribution is 7.16. The zero-order valence-electron chi connectivity index (χ0n) is 12.6. The fourth-order valence-corrected chi connectivity index (χ4v) is 3.45. The Labute approximate surface area is 138 Å². The van der Waals surface area contributed by atoms with E-state index in [0.717, 1.165) is 29.2 Å². The van der Waals surface area contributed by atoms with Crippen LogP contribution in [-0.2, 0) is 9.53 Å². The molecule has 23 heavy (non-hydrogen) atoms. The van der Waals surface area contributed by atoms with Gasteiger partial charge in [-0.1, -0.05) is 18.2 Å². The van der Waals surface area contributed by atoms with Crippen LogP contribution in [0.25, 0.3) is 16.5 Å². The van der Waals surface area contributed by atoms with Gasteiger partial charge >= 0.3 is 0 Å². The highest BCUT2D eigenvalue weighted by Crippen LogP contribution is 2.30. The largest absolute Gasteiger partial charge is 0.379 e. The summed E-state index contributed by atoms with van der Waals surface area (Å²) in [5.74, 6) is -0.360. The normalized spacial score (nSPS) is 18.2. The van der Waals surface area contributed by atoms with Gasteiger partial charge in [-0.3, -0.25) is 4.79 Å². The van der Waals surface area contributed by atoms with Gasteiger partial charge in [0.1, 0.15) is 5.82 Å². The summed E-state index contributed by atoms with van der Waals surface area (Å²) in [6.07, 6.45) is 5.21. The molecule has 1 aliphatic rings. The number of hydrogen-bond acceptors (Lipinski definition) is 3. The third kappa shape index (κ3) is 4.27. The van der Waals surface area contributed by atoms with Crippen LogP contribution in [0.5, 0.6) is 0 Å². The molecule has 2 heterocycles. The third-order valence-corrected chi connectivity index (χ3v) is 4.76. The fourth-order valence-electron chi connectivity index (χ4n) is 2.51. The van der Waals surface area contributed by atoms with E-state index < -0.39 is 0 Å². The van der Waals surface area contributed by atoms with Crippen molar-refractivity contribution in [2.45, 2.75) is 18.9 Å². The Balaban J connectivity index is 1.62. The Hall–Kier alpha value is -1.98. The van der Waals surface area contributed by atoms with Crippen molar-refractivity contribution in [1.29, 1.82) is 0 Å². The van der Waals surface area contributed by atoms with Gasteiger partial charge in [-0.25, -0.2) is 4.39 Å². The van der Waals surface area contributed by atoms with E-state index in [1.54, 1.807) is 18.2 Å². The number of amides is 1. The summed E-state index contributed by atoms with van der Waals surface area (Å²) in [6, 6.07) is 10.5. The lowest BCUT2D eigenvalue weighted by atomic mass is 10.1. The van der Waals surface area contributed by atoms with E-state index >= 15 is 0 Å². The van der Waals surface area contributed by atoms with Gasteiger partial charge in [-0.2, -0.15) is 0 Å². The van der Waals surface area contributed by atoms with Crippen molar-refractivity contribution in [1.82, 2.24) is 5.32 Å². The average Bonchev–Trinajstić information content (AvgIpc) is 3.03. The summed E-state index contributed by atoms with van der Waals surface area (Å²) >= 11 is 1.46. The molecule has 0 aliphatic carbocycles. The van der Waals surface area contributed by atoms with Gasteiger partial charge in [0.15, 0.2) is 0 Å². The first-order valence-electron chi connectivity index (χ1n) is 7.63. The van der Waals surface area contributed by atoms with Crippen LogP contribution in [-0.4, -0.2) is 25.2 Å². The third-order valence-electron chi connectivity index (χ3n) is 3.67. The van der Waals surface area contributed by atoms with E-state index in [9.17, 15) is 9.18 Å². The molecule has 3 nitrogen and oxygen atoms in total. The number of halogens is 1. The molecule has 3 rings (SSSR count). The van der Waals surface area contributed by atoms with E-state index in [1.807, 2.05) is 18.2 Å². The number of carbonyl (C=O) groups is 1. The minimum absolute atomic E-state index is 0.0956. The van der Waals surface area contributed by atoms with Gasteiger partial charge in [-0.05, 0) is 37.1 Å². The highest BCUT2D eigenvalue weighted by atomic mass is 32.1. The maximum atomic E-state index is 13.8. The number of benzene rings is 1. The Morgan fingerprint density at radius 3 is 2.96 bits per heavy atom. The second kappa shape index (κ2) is 7.53. The maximum absolute atomic E-state index is 13.8. The van der Waals surface area contributed by atoms with Crippen LogP contribution < -0.4 is 5.32 Å². The summed E-state index contributed by atoms with van der Waals surface area (Å²) in [5.41, 5.74) is 0.584. The minimum atomic E-state index is -0.236. The molecular formula is C18H18FNO2S. The quantitative estimate of drug-likeness (QED) is 0.864. The SMILES string of the molecule is O=C(/C=C/c1ccc(-c2ccccc2F)s1)NC1CCCOC1. The summed E-state index contributed by atoms with van der Waals surface area (Å²) in [7, 11) is 0. The van der Waals surface area contributed by atoms with Gasteiger partial charge in [0.2, 0.25) is 5.91 Å². The molecule has 1 atom stereocenters. The molecule has 1 aromatic heterocycles. The van der Waals surface area contributed by atoms with Crippen molar-refractivity contribution < 1.29 is 13.9 Å². The van der Waals surface area contributed by atoms with Crippen molar-refractivity contribution in [3.63, 3.8) is 0 Å². The van der Waals surface area contributed by atoms with Crippen molar-refractivity contribution in [3.05, 3.63) is 53.2 Å². The van der Waals surface area contributed by atoms with Crippen molar-refractivity contribution in [3.8, 4) is 10.4 Å². The molecule has 5 heteroatoms. The van der Waals surface area contributed by atoms with Crippen LogP contribution in [0.15, 0.2) is 42.5 Å². The predicted molar refractivity (Wildman–Crippen MR) is 90.7 cm³/mol. The molecule has 1 amide bonds. The molecule has 1 saturated heterocycles. The van der Waals surface area contributed by atoms with E-state index in [0.29, 0.717) is 12.2 Å². The first-order chi connectivity index (χ1) is 11.2. The van der Waals surface area contributed by atoms with Gasteiger partial charge in [0.05, 0.1) is 12.6 Å². The minimum Gasteiger partial charge on any atom is -0.379 e. The molecule has 0 spiro atoms. The first kappa shape index (κ1) is 15.9. The number of carbonyl (C=O) groups excluding carboxylic acids is 1. The monoisotopic (exact) mass is 331 g/mol. The molecule has 1 N–H and O–H groups in total. The van der Waals surface area contributed by atoms with E-state index in [1.165, 1.54) is 23.5 Å². The molecule has 1 aromatic carbocycles. The Morgan fingerprint density at radius 2 is 2.17 bits per heavy atom. The Morgan fingerprint density at radius 1 is 1.30 bits per heavy atom. The number of rotatable bonds is 4. The lowest BCUT2D eigenvalue weighted by molar-refractivity contribution is -0.118. The van der Waals surface area contributed by atoms with Gasteiger partial charge < -0.3 is 10.1 Å².